The Labute approximate surface area is 330 Å². The lowest BCUT2D eigenvalue weighted by molar-refractivity contribution is -0.366. The van der Waals surface area contributed by atoms with E-state index in [1.807, 2.05) is 166 Å². The third kappa shape index (κ3) is 10.8. The van der Waals surface area contributed by atoms with E-state index in [1.165, 1.54) is 0 Å². The van der Waals surface area contributed by atoms with Crippen molar-refractivity contribution < 1.29 is 43.0 Å². The van der Waals surface area contributed by atoms with Gasteiger partial charge in [-0.15, -0.1) is 0 Å². The van der Waals surface area contributed by atoms with E-state index in [4.69, 9.17) is 37.9 Å². The van der Waals surface area contributed by atoms with Gasteiger partial charge in [0.15, 0.2) is 12.6 Å². The third-order valence-electron chi connectivity index (χ3n) is 10.2. The summed E-state index contributed by atoms with van der Waals surface area (Å²) in [5, 5.41) is 11.3. The van der Waals surface area contributed by atoms with Crippen LogP contribution in [0.1, 0.15) is 41.7 Å². The van der Waals surface area contributed by atoms with Crippen molar-refractivity contribution in [3.8, 4) is 0 Å². The number of ether oxygens (including phenoxy) is 8. The van der Waals surface area contributed by atoms with Gasteiger partial charge in [-0.3, -0.25) is 0 Å². The molecule has 9 nitrogen and oxygen atoms in total. The molecule has 2 aliphatic rings. The Hall–Kier alpha value is -4.26. The maximum Gasteiger partial charge on any atom is 0.187 e. The first kappa shape index (κ1) is 40.0. The fraction of sp³-hybridized carbons (Fsp3) is 0.362. The standard InChI is InChI=1S/C47H52O9/c1-33-40(49-28-35-18-8-3-9-19-35)42(50-29-36-20-10-4-11-21-36)45(53-32-39-26-16-7-17-27-39)47(55-33)56-41-34(2)54-46(48)44(52-31-38-24-14-6-15-25-38)43(41)51-30-37-22-12-5-13-23-37/h3-27,33-34,40-48H,28-32H2,1-2H3/t33-,34-,40+,41+,42+,43+,44-,45-,46?,47-/m1/s1. The maximum absolute atomic E-state index is 11.3. The average molecular weight is 761 g/mol. The van der Waals surface area contributed by atoms with E-state index in [0.717, 1.165) is 27.8 Å². The van der Waals surface area contributed by atoms with Crippen LogP contribution in [-0.4, -0.2) is 66.5 Å². The molecule has 2 fully saturated rings. The predicted octanol–water partition coefficient (Wildman–Crippen LogP) is 7.78. The molecule has 0 amide bonds. The molecule has 0 spiro atoms. The summed E-state index contributed by atoms with van der Waals surface area (Å²) in [6.07, 6.45) is -7.47. The molecule has 5 aromatic carbocycles. The van der Waals surface area contributed by atoms with Gasteiger partial charge in [0.25, 0.3) is 0 Å². The Kier molecular flexibility index (Phi) is 14.4. The fourth-order valence-corrected chi connectivity index (χ4v) is 7.21. The first-order chi connectivity index (χ1) is 27.5. The summed E-state index contributed by atoms with van der Waals surface area (Å²) in [6, 6.07) is 49.8. The van der Waals surface area contributed by atoms with Crippen molar-refractivity contribution >= 4 is 0 Å². The van der Waals surface area contributed by atoms with E-state index in [1.54, 1.807) is 0 Å². The lowest BCUT2D eigenvalue weighted by atomic mass is 9.96. The first-order valence-corrected chi connectivity index (χ1v) is 19.4. The Morgan fingerprint density at radius 2 is 0.679 bits per heavy atom. The highest BCUT2D eigenvalue weighted by Crippen LogP contribution is 2.35. The zero-order valence-electron chi connectivity index (χ0n) is 32.0. The molecule has 294 valence electrons. The van der Waals surface area contributed by atoms with E-state index in [-0.39, 0.29) is 19.8 Å². The number of hydrogen-bond donors (Lipinski definition) is 1. The van der Waals surface area contributed by atoms with Crippen LogP contribution in [0.5, 0.6) is 0 Å². The molecule has 1 N–H and O–H groups in total. The topological polar surface area (TPSA) is 94.1 Å². The summed E-state index contributed by atoms with van der Waals surface area (Å²) in [5.74, 6) is 0. The van der Waals surface area contributed by atoms with Gasteiger partial charge < -0.3 is 43.0 Å². The van der Waals surface area contributed by atoms with Crippen molar-refractivity contribution in [2.45, 2.75) is 108 Å². The van der Waals surface area contributed by atoms with Crippen molar-refractivity contribution in [2.75, 3.05) is 0 Å². The minimum Gasteiger partial charge on any atom is -0.368 e. The van der Waals surface area contributed by atoms with E-state index in [9.17, 15) is 5.11 Å². The Morgan fingerprint density at radius 3 is 1.07 bits per heavy atom. The van der Waals surface area contributed by atoms with Crippen molar-refractivity contribution in [1.29, 1.82) is 0 Å². The van der Waals surface area contributed by atoms with Gasteiger partial charge in [0.2, 0.25) is 0 Å². The average Bonchev–Trinajstić information content (AvgIpc) is 3.24. The molecule has 7 rings (SSSR count). The number of aliphatic hydroxyl groups is 1. The van der Waals surface area contributed by atoms with Crippen LogP contribution >= 0.6 is 0 Å². The molecule has 0 aromatic heterocycles. The maximum atomic E-state index is 11.3. The highest BCUT2D eigenvalue weighted by molar-refractivity contribution is 5.17. The van der Waals surface area contributed by atoms with Gasteiger partial charge in [0.05, 0.1) is 45.2 Å². The fourth-order valence-electron chi connectivity index (χ4n) is 7.21. The quantitative estimate of drug-likeness (QED) is 0.102. The van der Waals surface area contributed by atoms with Crippen LogP contribution in [0.4, 0.5) is 0 Å². The van der Waals surface area contributed by atoms with Gasteiger partial charge in [0.1, 0.15) is 36.6 Å². The van der Waals surface area contributed by atoms with E-state index in [0.29, 0.717) is 13.2 Å². The Morgan fingerprint density at radius 1 is 0.375 bits per heavy atom. The molecule has 2 aliphatic heterocycles. The molecule has 5 aromatic rings. The molecule has 56 heavy (non-hydrogen) atoms. The van der Waals surface area contributed by atoms with Gasteiger partial charge >= 0.3 is 0 Å². The molecule has 0 bridgehead atoms. The minimum atomic E-state index is -1.26. The molecule has 10 atom stereocenters. The highest BCUT2D eigenvalue weighted by atomic mass is 16.7. The zero-order chi connectivity index (χ0) is 38.5. The summed E-state index contributed by atoms with van der Waals surface area (Å²) in [6.45, 7) is 5.32. The smallest absolute Gasteiger partial charge is 0.187 e. The van der Waals surface area contributed by atoms with E-state index >= 15 is 0 Å². The lowest BCUT2D eigenvalue weighted by Crippen LogP contribution is -2.64. The van der Waals surface area contributed by atoms with Crippen molar-refractivity contribution in [3.05, 3.63) is 179 Å². The summed E-state index contributed by atoms with van der Waals surface area (Å²) in [4.78, 5) is 0. The number of hydrogen-bond acceptors (Lipinski definition) is 9. The summed E-state index contributed by atoms with van der Waals surface area (Å²) in [7, 11) is 0. The SMILES string of the molecule is C[C@H]1O[C@H](O[C@@H]2[C@H](OCc3ccccc3)[C@@H](OCc3ccccc3)C(O)O[C@@H]2C)[C@H](OCc2ccccc2)[C@@H](OCc2ccccc2)[C@H]1OCc1ccccc1. The van der Waals surface area contributed by atoms with Gasteiger partial charge in [-0.05, 0) is 41.7 Å². The van der Waals surface area contributed by atoms with Crippen LogP contribution < -0.4 is 0 Å². The summed E-state index contributed by atoms with van der Waals surface area (Å²) >= 11 is 0. The number of benzene rings is 5. The molecule has 9 heteroatoms. The molecule has 1 unspecified atom stereocenters. The Balaban J connectivity index is 1.19. The number of rotatable bonds is 17. The normalized spacial score (nSPS) is 27.8. The minimum absolute atomic E-state index is 0.244. The highest BCUT2D eigenvalue weighted by Gasteiger charge is 2.52. The summed E-state index contributed by atoms with van der Waals surface area (Å²) in [5.41, 5.74) is 4.97. The first-order valence-electron chi connectivity index (χ1n) is 19.4. The van der Waals surface area contributed by atoms with Crippen LogP contribution in [0.2, 0.25) is 0 Å². The lowest BCUT2D eigenvalue weighted by Gasteiger charge is -2.49. The molecule has 2 saturated heterocycles. The summed E-state index contributed by atoms with van der Waals surface area (Å²) < 4.78 is 53.2. The van der Waals surface area contributed by atoms with Crippen LogP contribution in [0.15, 0.2) is 152 Å². The number of aliphatic hydroxyl groups excluding tert-OH is 1. The van der Waals surface area contributed by atoms with Crippen molar-refractivity contribution in [3.63, 3.8) is 0 Å². The molecule has 0 aliphatic carbocycles. The van der Waals surface area contributed by atoms with Crippen LogP contribution in [0.25, 0.3) is 0 Å². The molecule has 2 heterocycles. The predicted molar refractivity (Wildman–Crippen MR) is 211 cm³/mol. The van der Waals surface area contributed by atoms with Crippen molar-refractivity contribution in [2.24, 2.45) is 0 Å². The van der Waals surface area contributed by atoms with E-state index in [2.05, 4.69) is 0 Å². The van der Waals surface area contributed by atoms with E-state index < -0.39 is 61.4 Å². The third-order valence-corrected chi connectivity index (χ3v) is 10.2. The van der Waals surface area contributed by atoms with Crippen LogP contribution in [0, 0.1) is 0 Å². The molecular formula is C47H52O9. The molecular weight excluding hydrogens is 709 g/mol. The Bertz CT molecular complexity index is 1830. The second-order valence-electron chi connectivity index (χ2n) is 14.3. The molecule has 0 saturated carbocycles. The van der Waals surface area contributed by atoms with Gasteiger partial charge in [0, 0.05) is 0 Å². The van der Waals surface area contributed by atoms with Crippen LogP contribution in [0.3, 0.4) is 0 Å². The largest absolute Gasteiger partial charge is 0.368 e. The van der Waals surface area contributed by atoms with Crippen molar-refractivity contribution in [1.82, 2.24) is 0 Å². The van der Waals surface area contributed by atoms with Gasteiger partial charge in [-0.2, -0.15) is 0 Å². The second-order valence-corrected chi connectivity index (χ2v) is 14.3. The second kappa shape index (κ2) is 20.2. The van der Waals surface area contributed by atoms with Gasteiger partial charge in [-0.1, -0.05) is 152 Å². The monoisotopic (exact) mass is 760 g/mol. The molecule has 0 radical (unpaired) electrons. The van der Waals surface area contributed by atoms with Gasteiger partial charge in [-0.25, -0.2) is 0 Å². The van der Waals surface area contributed by atoms with Crippen LogP contribution in [-0.2, 0) is 70.9 Å². The zero-order valence-corrected chi connectivity index (χ0v) is 32.0.